The minimum atomic E-state index is -0.312. The number of allylic oxidation sites excluding steroid dienone is 1. The number of rotatable bonds is 5. The molecule has 1 heterocycles. The number of unbranched alkanes of at least 4 members (excludes halogenated alkanes) is 2. The highest BCUT2D eigenvalue weighted by atomic mass is 16.5. The van der Waals surface area contributed by atoms with Crippen molar-refractivity contribution >= 4 is 5.97 Å². The number of esters is 1. The molecule has 2 unspecified atom stereocenters. The number of carbonyl (C=O) groups is 1. The van der Waals surface area contributed by atoms with E-state index in [1.165, 1.54) is 30.9 Å². The van der Waals surface area contributed by atoms with Gasteiger partial charge in [0.1, 0.15) is 17.1 Å². The molecule has 0 amide bonds. The van der Waals surface area contributed by atoms with Crippen molar-refractivity contribution in [1.82, 2.24) is 0 Å². The van der Waals surface area contributed by atoms with Crippen LogP contribution >= 0.6 is 0 Å². The Morgan fingerprint density at radius 2 is 2.08 bits per heavy atom. The van der Waals surface area contributed by atoms with Crippen LogP contribution in [0.4, 0.5) is 0 Å². The van der Waals surface area contributed by atoms with E-state index in [9.17, 15) is 4.79 Å². The molecule has 1 aromatic carbocycles. The van der Waals surface area contributed by atoms with Gasteiger partial charge in [-0.05, 0) is 68.7 Å². The van der Waals surface area contributed by atoms with Gasteiger partial charge in [-0.25, -0.2) is 0 Å². The number of aryl methyl sites for hydroxylation is 1. The summed E-state index contributed by atoms with van der Waals surface area (Å²) in [5.74, 6) is 2.23. The van der Waals surface area contributed by atoms with Crippen molar-refractivity contribution in [2.24, 2.45) is 5.92 Å². The van der Waals surface area contributed by atoms with Gasteiger partial charge in [0.05, 0.1) is 0 Å². The predicted molar refractivity (Wildman–Crippen MR) is 105 cm³/mol. The summed E-state index contributed by atoms with van der Waals surface area (Å²) in [5.41, 5.74) is 3.28. The number of hydrogen-bond donors (Lipinski definition) is 0. The van der Waals surface area contributed by atoms with Gasteiger partial charge in [0.25, 0.3) is 0 Å². The average Bonchev–Trinajstić information content (AvgIpc) is 2.53. The van der Waals surface area contributed by atoms with E-state index >= 15 is 0 Å². The Balaban J connectivity index is 2.07. The lowest BCUT2D eigenvalue weighted by atomic mass is 9.70. The molecular formula is C23H32O3. The molecule has 0 saturated heterocycles. The van der Waals surface area contributed by atoms with E-state index in [0.717, 1.165) is 37.0 Å². The van der Waals surface area contributed by atoms with Gasteiger partial charge in [0, 0.05) is 18.4 Å². The monoisotopic (exact) mass is 356 g/mol. The van der Waals surface area contributed by atoms with Crippen LogP contribution in [0.1, 0.15) is 83.8 Å². The Labute approximate surface area is 157 Å². The van der Waals surface area contributed by atoms with Gasteiger partial charge in [-0.3, -0.25) is 4.79 Å². The molecule has 0 radical (unpaired) electrons. The smallest absolute Gasteiger partial charge is 0.308 e. The summed E-state index contributed by atoms with van der Waals surface area (Å²) in [6, 6.07) is 4.24. The summed E-state index contributed by atoms with van der Waals surface area (Å²) in [6.45, 7) is 10.3. The standard InChI is InChI=1S/C23H32O3/c1-6-7-8-9-17-13-20(25-16(3)24)22-18-12-15(2)10-11-19(18)23(4,5)26-21(22)14-17/h11,13-15,18H,6-10,12H2,1-5H3. The van der Waals surface area contributed by atoms with Crippen LogP contribution in [0.3, 0.4) is 0 Å². The molecule has 142 valence electrons. The molecule has 1 aliphatic heterocycles. The van der Waals surface area contributed by atoms with Crippen molar-refractivity contribution in [3.63, 3.8) is 0 Å². The van der Waals surface area contributed by atoms with Crippen molar-refractivity contribution in [2.45, 2.75) is 84.7 Å². The van der Waals surface area contributed by atoms with Crippen LogP contribution < -0.4 is 9.47 Å². The second-order valence-electron chi connectivity index (χ2n) is 8.46. The van der Waals surface area contributed by atoms with Crippen LogP contribution in [-0.4, -0.2) is 11.6 Å². The molecular weight excluding hydrogens is 324 g/mol. The first kappa shape index (κ1) is 19.0. The Morgan fingerprint density at radius 3 is 2.77 bits per heavy atom. The van der Waals surface area contributed by atoms with E-state index in [1.54, 1.807) is 0 Å². The Hall–Kier alpha value is -1.77. The fourth-order valence-corrected chi connectivity index (χ4v) is 4.41. The first-order valence-electron chi connectivity index (χ1n) is 10.1. The van der Waals surface area contributed by atoms with Crippen LogP contribution in [0, 0.1) is 5.92 Å². The molecule has 0 N–H and O–H groups in total. The molecule has 2 aliphatic rings. The second-order valence-corrected chi connectivity index (χ2v) is 8.46. The van der Waals surface area contributed by atoms with Crippen molar-refractivity contribution in [1.29, 1.82) is 0 Å². The van der Waals surface area contributed by atoms with Crippen molar-refractivity contribution in [2.75, 3.05) is 0 Å². The largest absolute Gasteiger partial charge is 0.483 e. The van der Waals surface area contributed by atoms with E-state index in [4.69, 9.17) is 9.47 Å². The molecule has 3 heteroatoms. The van der Waals surface area contributed by atoms with E-state index < -0.39 is 0 Å². The summed E-state index contributed by atoms with van der Waals surface area (Å²) < 4.78 is 12.1. The first-order chi connectivity index (χ1) is 12.3. The summed E-state index contributed by atoms with van der Waals surface area (Å²) >= 11 is 0. The predicted octanol–water partition coefficient (Wildman–Crippen LogP) is 5.96. The molecule has 2 atom stereocenters. The minimum Gasteiger partial charge on any atom is -0.483 e. The fraction of sp³-hybridized carbons (Fsp3) is 0.609. The lowest BCUT2D eigenvalue weighted by molar-refractivity contribution is -0.131. The van der Waals surface area contributed by atoms with E-state index in [0.29, 0.717) is 11.7 Å². The zero-order chi connectivity index (χ0) is 18.9. The summed E-state index contributed by atoms with van der Waals surface area (Å²) in [4.78, 5) is 11.7. The Kier molecular flexibility index (Phi) is 5.45. The molecule has 0 saturated carbocycles. The number of ether oxygens (including phenoxy) is 2. The molecule has 1 aliphatic carbocycles. The third kappa shape index (κ3) is 3.82. The number of fused-ring (bicyclic) bond motifs is 3. The first-order valence-corrected chi connectivity index (χ1v) is 10.1. The van der Waals surface area contributed by atoms with Crippen LogP contribution in [-0.2, 0) is 11.2 Å². The summed E-state index contributed by atoms with van der Waals surface area (Å²) in [7, 11) is 0. The topological polar surface area (TPSA) is 35.5 Å². The Bertz CT molecular complexity index is 714. The van der Waals surface area contributed by atoms with Gasteiger partial charge in [-0.1, -0.05) is 32.8 Å². The molecule has 1 aromatic rings. The van der Waals surface area contributed by atoms with Crippen molar-refractivity contribution < 1.29 is 14.3 Å². The summed E-state index contributed by atoms with van der Waals surface area (Å²) in [6.07, 6.45) is 9.04. The molecule has 0 aromatic heterocycles. The third-order valence-electron chi connectivity index (χ3n) is 5.65. The number of carbonyl (C=O) groups excluding carboxylic acids is 1. The second kappa shape index (κ2) is 7.46. The molecule has 3 rings (SSSR count). The molecule has 0 spiro atoms. The lowest BCUT2D eigenvalue weighted by Crippen LogP contribution is -2.40. The molecule has 3 nitrogen and oxygen atoms in total. The average molecular weight is 357 g/mol. The van der Waals surface area contributed by atoms with E-state index in [1.807, 2.05) is 0 Å². The molecule has 26 heavy (non-hydrogen) atoms. The zero-order valence-electron chi connectivity index (χ0n) is 16.9. The molecule has 0 fully saturated rings. The van der Waals surface area contributed by atoms with E-state index in [2.05, 4.69) is 45.9 Å². The van der Waals surface area contributed by atoms with Crippen LogP contribution in [0.15, 0.2) is 23.8 Å². The van der Waals surface area contributed by atoms with Gasteiger partial charge in [0.2, 0.25) is 0 Å². The number of benzene rings is 1. The minimum absolute atomic E-state index is 0.267. The highest BCUT2D eigenvalue weighted by Gasteiger charge is 2.42. The van der Waals surface area contributed by atoms with Gasteiger partial charge in [0.15, 0.2) is 0 Å². The van der Waals surface area contributed by atoms with Crippen LogP contribution in [0.5, 0.6) is 11.5 Å². The highest BCUT2D eigenvalue weighted by Crippen LogP contribution is 2.53. The van der Waals surface area contributed by atoms with Crippen molar-refractivity contribution in [3.8, 4) is 11.5 Å². The lowest BCUT2D eigenvalue weighted by Gasteiger charge is -2.44. The van der Waals surface area contributed by atoms with Crippen molar-refractivity contribution in [3.05, 3.63) is 34.9 Å². The Morgan fingerprint density at radius 1 is 1.31 bits per heavy atom. The van der Waals surface area contributed by atoms with Gasteiger partial charge >= 0.3 is 5.97 Å². The van der Waals surface area contributed by atoms with Gasteiger partial charge < -0.3 is 9.47 Å². The van der Waals surface area contributed by atoms with Gasteiger partial charge in [-0.15, -0.1) is 0 Å². The normalized spacial score (nSPS) is 23.3. The van der Waals surface area contributed by atoms with Crippen LogP contribution in [0.25, 0.3) is 0 Å². The summed E-state index contributed by atoms with van der Waals surface area (Å²) in [5, 5.41) is 0. The highest BCUT2D eigenvalue weighted by molar-refractivity contribution is 5.71. The fourth-order valence-electron chi connectivity index (χ4n) is 4.41. The maximum Gasteiger partial charge on any atom is 0.308 e. The maximum absolute atomic E-state index is 11.7. The SMILES string of the molecule is CCCCCc1cc(OC(C)=O)c2c(c1)OC(C)(C)C1=CCC(C)CC12. The third-order valence-corrected chi connectivity index (χ3v) is 5.65. The van der Waals surface area contributed by atoms with Gasteiger partial charge in [-0.2, -0.15) is 0 Å². The molecule has 0 bridgehead atoms. The van der Waals surface area contributed by atoms with Crippen LogP contribution in [0.2, 0.25) is 0 Å². The zero-order valence-corrected chi connectivity index (χ0v) is 16.9. The number of hydrogen-bond acceptors (Lipinski definition) is 3. The van der Waals surface area contributed by atoms with E-state index in [-0.39, 0.29) is 17.5 Å². The maximum atomic E-state index is 11.7. The quantitative estimate of drug-likeness (QED) is 0.283.